The van der Waals surface area contributed by atoms with Gasteiger partial charge < -0.3 is 25.5 Å². The third-order valence-corrected chi connectivity index (χ3v) is 11.2. The van der Waals surface area contributed by atoms with Gasteiger partial charge in [-0.3, -0.25) is 0 Å². The molecule has 5 N–H and O–H groups in total. The van der Waals surface area contributed by atoms with Crippen molar-refractivity contribution >= 4 is 0 Å². The molecule has 0 radical (unpaired) electrons. The van der Waals surface area contributed by atoms with Crippen LogP contribution in [-0.4, -0.2) is 55.5 Å². The van der Waals surface area contributed by atoms with E-state index in [1.807, 2.05) is 0 Å². The SMILES string of the molecule is C[C@H](CC[C@H](O)C(C)(C)O)[C@H]1CC[C@H]2[C@H]3[C@H](O)C[C@@H]4C[C@H](O)CC[C@]4(C)[C@H]3C[C@H](O)[C@]12C. The Morgan fingerprint density at radius 2 is 1.62 bits per heavy atom. The van der Waals surface area contributed by atoms with Gasteiger partial charge in [0.15, 0.2) is 0 Å². The summed E-state index contributed by atoms with van der Waals surface area (Å²) in [6, 6.07) is 0. The van der Waals surface area contributed by atoms with Crippen molar-refractivity contribution in [1.29, 1.82) is 0 Å². The van der Waals surface area contributed by atoms with Crippen molar-refractivity contribution in [3.05, 3.63) is 0 Å². The van der Waals surface area contributed by atoms with Crippen LogP contribution < -0.4 is 0 Å². The number of aliphatic hydroxyl groups is 5. The summed E-state index contributed by atoms with van der Waals surface area (Å²) >= 11 is 0. The maximum absolute atomic E-state index is 11.6. The van der Waals surface area contributed by atoms with E-state index in [4.69, 9.17) is 0 Å². The summed E-state index contributed by atoms with van der Waals surface area (Å²) in [7, 11) is 0. The van der Waals surface area contributed by atoms with Crippen LogP contribution in [-0.2, 0) is 0 Å². The zero-order valence-electron chi connectivity index (χ0n) is 20.9. The second kappa shape index (κ2) is 8.48. The molecule has 5 heteroatoms. The first-order valence-electron chi connectivity index (χ1n) is 13.2. The van der Waals surface area contributed by atoms with Crippen LogP contribution in [0.3, 0.4) is 0 Å². The molecule has 4 aliphatic carbocycles. The number of hydrogen-bond acceptors (Lipinski definition) is 5. The minimum Gasteiger partial charge on any atom is -0.393 e. The third kappa shape index (κ3) is 3.88. The largest absolute Gasteiger partial charge is 0.393 e. The summed E-state index contributed by atoms with van der Waals surface area (Å²) in [5.74, 6) is 1.94. The molecule has 4 aliphatic rings. The average Bonchev–Trinajstić information content (AvgIpc) is 3.06. The smallest absolute Gasteiger partial charge is 0.0849 e. The molecule has 0 aliphatic heterocycles. The summed E-state index contributed by atoms with van der Waals surface area (Å²) in [6.45, 7) is 10.2. The average molecular weight is 453 g/mol. The number of fused-ring (bicyclic) bond motifs is 5. The van der Waals surface area contributed by atoms with Crippen molar-refractivity contribution in [2.75, 3.05) is 0 Å². The van der Waals surface area contributed by atoms with E-state index < -0.39 is 11.7 Å². The Kier molecular flexibility index (Phi) is 6.60. The summed E-state index contributed by atoms with van der Waals surface area (Å²) in [5, 5.41) is 53.7. The van der Waals surface area contributed by atoms with E-state index in [2.05, 4.69) is 20.8 Å². The van der Waals surface area contributed by atoms with Gasteiger partial charge in [-0.05, 0) is 118 Å². The van der Waals surface area contributed by atoms with Gasteiger partial charge in [0.05, 0.1) is 30.0 Å². The molecule has 4 fully saturated rings. The van der Waals surface area contributed by atoms with Crippen LogP contribution in [0.5, 0.6) is 0 Å². The van der Waals surface area contributed by atoms with E-state index in [-0.39, 0.29) is 35.1 Å². The van der Waals surface area contributed by atoms with Crippen LogP contribution in [0.15, 0.2) is 0 Å². The van der Waals surface area contributed by atoms with E-state index in [0.29, 0.717) is 36.0 Å². The lowest BCUT2D eigenvalue weighted by atomic mass is 9.43. The first-order valence-corrected chi connectivity index (χ1v) is 13.2. The topological polar surface area (TPSA) is 101 Å². The van der Waals surface area contributed by atoms with Crippen molar-refractivity contribution in [3.63, 3.8) is 0 Å². The molecule has 0 saturated heterocycles. The molecule has 0 aromatic heterocycles. The first kappa shape index (κ1) is 24.9. The Balaban J connectivity index is 1.54. The molecule has 32 heavy (non-hydrogen) atoms. The van der Waals surface area contributed by atoms with E-state index in [9.17, 15) is 25.5 Å². The molecule has 0 bridgehead atoms. The fourth-order valence-electron chi connectivity index (χ4n) is 9.11. The zero-order valence-corrected chi connectivity index (χ0v) is 20.9. The second-order valence-electron chi connectivity index (χ2n) is 13.2. The van der Waals surface area contributed by atoms with Gasteiger partial charge in [-0.1, -0.05) is 20.8 Å². The van der Waals surface area contributed by atoms with E-state index in [0.717, 1.165) is 51.4 Å². The molecule has 0 amide bonds. The maximum Gasteiger partial charge on any atom is 0.0849 e. The number of hydrogen-bond donors (Lipinski definition) is 5. The normalized spacial score (nSPS) is 50.8. The standard InChI is InChI=1S/C27H48O5/c1-15(6-9-22(30)25(2,3)32)18-7-8-19-24-20(14-23(31)27(18,19)5)26(4)11-10-17(28)12-16(26)13-21(24)29/h15-24,28-32H,6-14H2,1-5H3/t15-,16+,17-,18-,19+,20+,21-,22+,23+,24-,26+,27-/m1/s1. The monoisotopic (exact) mass is 452 g/mol. The van der Waals surface area contributed by atoms with Crippen LogP contribution in [0, 0.1) is 46.3 Å². The van der Waals surface area contributed by atoms with Gasteiger partial charge in [0.2, 0.25) is 0 Å². The van der Waals surface area contributed by atoms with Gasteiger partial charge in [0.25, 0.3) is 0 Å². The van der Waals surface area contributed by atoms with Crippen LogP contribution in [0.4, 0.5) is 0 Å². The van der Waals surface area contributed by atoms with E-state index >= 15 is 0 Å². The van der Waals surface area contributed by atoms with E-state index in [1.54, 1.807) is 13.8 Å². The molecule has 186 valence electrons. The van der Waals surface area contributed by atoms with Gasteiger partial charge in [-0.15, -0.1) is 0 Å². The molecule has 4 saturated carbocycles. The van der Waals surface area contributed by atoms with Crippen LogP contribution in [0.1, 0.15) is 92.4 Å². The van der Waals surface area contributed by atoms with Crippen molar-refractivity contribution in [2.45, 2.75) is 122 Å². The highest BCUT2D eigenvalue weighted by Gasteiger charge is 2.65. The Labute approximate surface area is 194 Å². The molecule has 0 aromatic rings. The Morgan fingerprint density at radius 3 is 2.28 bits per heavy atom. The lowest BCUT2D eigenvalue weighted by Crippen LogP contribution is -2.62. The van der Waals surface area contributed by atoms with Crippen LogP contribution in [0.25, 0.3) is 0 Å². The second-order valence-corrected chi connectivity index (χ2v) is 13.2. The molecule has 5 nitrogen and oxygen atoms in total. The summed E-state index contributed by atoms with van der Waals surface area (Å²) in [5.41, 5.74) is -1.20. The number of rotatable bonds is 5. The predicted molar refractivity (Wildman–Crippen MR) is 125 cm³/mol. The fourth-order valence-corrected chi connectivity index (χ4v) is 9.11. The van der Waals surface area contributed by atoms with Crippen molar-refractivity contribution in [1.82, 2.24) is 0 Å². The fraction of sp³-hybridized carbons (Fsp3) is 1.00. The summed E-state index contributed by atoms with van der Waals surface area (Å²) < 4.78 is 0. The molecule has 0 spiro atoms. The molecule has 0 aromatic carbocycles. The van der Waals surface area contributed by atoms with Gasteiger partial charge in [0.1, 0.15) is 0 Å². The molecule has 4 rings (SSSR count). The van der Waals surface area contributed by atoms with Crippen LogP contribution >= 0.6 is 0 Å². The van der Waals surface area contributed by atoms with Gasteiger partial charge >= 0.3 is 0 Å². The Morgan fingerprint density at radius 1 is 0.938 bits per heavy atom. The molecular formula is C27H48O5. The van der Waals surface area contributed by atoms with Gasteiger partial charge in [-0.25, -0.2) is 0 Å². The summed E-state index contributed by atoms with van der Waals surface area (Å²) in [4.78, 5) is 0. The quantitative estimate of drug-likeness (QED) is 0.440. The van der Waals surface area contributed by atoms with Crippen molar-refractivity contribution < 1.29 is 25.5 Å². The lowest BCUT2D eigenvalue weighted by molar-refractivity contribution is -0.207. The molecule has 12 atom stereocenters. The van der Waals surface area contributed by atoms with Gasteiger partial charge in [-0.2, -0.15) is 0 Å². The predicted octanol–water partition coefficient (Wildman–Crippen LogP) is 3.50. The maximum atomic E-state index is 11.6. The van der Waals surface area contributed by atoms with Crippen molar-refractivity contribution in [3.8, 4) is 0 Å². The minimum absolute atomic E-state index is 0.103. The molecule has 0 heterocycles. The number of aliphatic hydroxyl groups excluding tert-OH is 4. The highest BCUT2D eigenvalue weighted by Crippen LogP contribution is 2.68. The van der Waals surface area contributed by atoms with Gasteiger partial charge in [0, 0.05) is 0 Å². The first-order chi connectivity index (χ1) is 14.8. The zero-order chi connectivity index (χ0) is 23.6. The lowest BCUT2D eigenvalue weighted by Gasteiger charge is -2.63. The highest BCUT2D eigenvalue weighted by molar-refractivity contribution is 5.14. The Hall–Kier alpha value is -0.200. The highest BCUT2D eigenvalue weighted by atomic mass is 16.3. The van der Waals surface area contributed by atoms with E-state index in [1.165, 1.54) is 0 Å². The minimum atomic E-state index is -1.09. The van der Waals surface area contributed by atoms with Crippen molar-refractivity contribution in [2.24, 2.45) is 46.3 Å². The molecule has 0 unspecified atom stereocenters. The third-order valence-electron chi connectivity index (χ3n) is 11.2. The van der Waals surface area contributed by atoms with Crippen LogP contribution in [0.2, 0.25) is 0 Å². The Bertz CT molecular complexity index is 675. The summed E-state index contributed by atoms with van der Waals surface area (Å²) in [6.07, 6.45) is 5.98. The molecular weight excluding hydrogens is 404 g/mol.